The number of carbonyl (C=O) groups excluding carboxylic acids is 4. The molecular formula is C36H40N4O6S. The summed E-state index contributed by atoms with van der Waals surface area (Å²) in [4.78, 5) is 58.8. The molecule has 0 saturated heterocycles. The lowest BCUT2D eigenvalue weighted by Crippen LogP contribution is -2.69. The molecule has 0 bridgehead atoms. The van der Waals surface area contributed by atoms with Crippen molar-refractivity contribution in [3.05, 3.63) is 102 Å². The fourth-order valence-corrected chi connectivity index (χ4v) is 5.58. The van der Waals surface area contributed by atoms with E-state index in [0.717, 1.165) is 10.8 Å². The zero-order valence-corrected chi connectivity index (χ0v) is 27.7. The molecule has 4 aromatic rings. The van der Waals surface area contributed by atoms with Crippen LogP contribution in [0.15, 0.2) is 91.0 Å². The Morgan fingerprint density at radius 1 is 0.915 bits per heavy atom. The van der Waals surface area contributed by atoms with Crippen LogP contribution in [0.4, 0.5) is 11.4 Å². The van der Waals surface area contributed by atoms with Crippen LogP contribution in [-0.2, 0) is 25.5 Å². The van der Waals surface area contributed by atoms with Crippen molar-refractivity contribution in [3.63, 3.8) is 0 Å². The van der Waals surface area contributed by atoms with Gasteiger partial charge in [0.2, 0.25) is 11.4 Å². The minimum Gasteiger partial charge on any atom is -0.508 e. The second-order valence-electron chi connectivity index (χ2n) is 12.2. The van der Waals surface area contributed by atoms with Gasteiger partial charge in [-0.05, 0) is 104 Å². The predicted molar refractivity (Wildman–Crippen MR) is 186 cm³/mol. The van der Waals surface area contributed by atoms with Crippen LogP contribution in [0.25, 0.3) is 10.8 Å². The van der Waals surface area contributed by atoms with Gasteiger partial charge in [-0.3, -0.25) is 19.3 Å². The monoisotopic (exact) mass is 656 g/mol. The van der Waals surface area contributed by atoms with Crippen molar-refractivity contribution in [2.24, 2.45) is 5.73 Å². The molecule has 0 aromatic heterocycles. The number of nitrogens with zero attached hydrogens (tertiary/aromatic N) is 1. The number of amides is 3. The molecule has 0 saturated carbocycles. The fraction of sp³-hybridized carbons (Fsp3) is 0.278. The van der Waals surface area contributed by atoms with Crippen molar-refractivity contribution in [1.29, 1.82) is 0 Å². The summed E-state index contributed by atoms with van der Waals surface area (Å²) < 4.78 is 5.83. The lowest BCUT2D eigenvalue weighted by atomic mass is 9.89. The summed E-state index contributed by atoms with van der Waals surface area (Å²) in [5.74, 6) is -3.65. The largest absolute Gasteiger partial charge is 0.508 e. The highest BCUT2D eigenvalue weighted by molar-refractivity contribution is 7.98. The molecule has 0 unspecified atom stereocenters. The van der Waals surface area contributed by atoms with E-state index >= 15 is 0 Å². The number of fused-ring (bicyclic) bond motifs is 1. The van der Waals surface area contributed by atoms with E-state index < -0.39 is 40.9 Å². The minimum absolute atomic E-state index is 0.0139. The van der Waals surface area contributed by atoms with Gasteiger partial charge < -0.3 is 26.6 Å². The number of nitrogens with two attached hydrogens (primary N) is 2. The Morgan fingerprint density at radius 3 is 2.17 bits per heavy atom. The quantitative estimate of drug-likeness (QED) is 0.0972. The van der Waals surface area contributed by atoms with E-state index in [-0.39, 0.29) is 29.9 Å². The van der Waals surface area contributed by atoms with Crippen LogP contribution in [0.5, 0.6) is 5.75 Å². The molecule has 4 rings (SSSR count). The predicted octanol–water partition coefficient (Wildman–Crippen LogP) is 5.14. The van der Waals surface area contributed by atoms with Gasteiger partial charge in [-0.15, -0.1) is 0 Å². The SMILES string of the molecule is CSCC[C@](C(=O)Nc1ccc2ccccc2c1)(C(=O)OC(C)(C)C)N(C(=O)c1ccc(N)cc1)C(=O)[C@@H](N)Cc1ccc(O)cc1. The van der Waals surface area contributed by atoms with Gasteiger partial charge in [-0.2, -0.15) is 11.8 Å². The highest BCUT2D eigenvalue weighted by Crippen LogP contribution is 2.32. The first-order chi connectivity index (χ1) is 22.2. The maximum absolute atomic E-state index is 14.7. The van der Waals surface area contributed by atoms with Crippen LogP contribution in [0.2, 0.25) is 0 Å². The van der Waals surface area contributed by atoms with Gasteiger partial charge in [0.05, 0.1) is 6.04 Å². The van der Waals surface area contributed by atoms with E-state index in [1.54, 1.807) is 51.3 Å². The summed E-state index contributed by atoms with van der Waals surface area (Å²) in [6.07, 6.45) is 1.47. The Labute approximate surface area is 278 Å². The van der Waals surface area contributed by atoms with E-state index in [9.17, 15) is 24.3 Å². The van der Waals surface area contributed by atoms with Crippen LogP contribution in [0.1, 0.15) is 43.1 Å². The molecule has 0 radical (unpaired) electrons. The number of phenolic OH excluding ortho intramolecular Hbond substituents is 1. The number of aromatic hydroxyl groups is 1. The molecule has 6 N–H and O–H groups in total. The Hall–Kier alpha value is -4.87. The molecule has 2 atom stereocenters. The summed E-state index contributed by atoms with van der Waals surface area (Å²) in [6, 6.07) is 23.3. The molecule has 3 amide bonds. The van der Waals surface area contributed by atoms with Crippen molar-refractivity contribution in [1.82, 2.24) is 4.90 Å². The number of carbonyl (C=O) groups is 4. The lowest BCUT2D eigenvalue weighted by molar-refractivity contribution is -0.174. The summed E-state index contributed by atoms with van der Waals surface area (Å²) in [5, 5.41) is 14.3. The minimum atomic E-state index is -2.47. The number of nitrogens with one attached hydrogen (secondary N) is 1. The number of phenols is 1. The number of nitrogen functional groups attached to an aromatic ring is 1. The van der Waals surface area contributed by atoms with Crippen LogP contribution in [0.3, 0.4) is 0 Å². The van der Waals surface area contributed by atoms with Gasteiger partial charge in [-0.1, -0.05) is 42.5 Å². The zero-order chi connectivity index (χ0) is 34.4. The Kier molecular flexibility index (Phi) is 10.9. The third-order valence-electron chi connectivity index (χ3n) is 7.46. The highest BCUT2D eigenvalue weighted by Gasteiger charge is 2.58. The van der Waals surface area contributed by atoms with E-state index in [1.165, 1.54) is 48.2 Å². The molecule has 0 aliphatic rings. The average molecular weight is 657 g/mol. The van der Waals surface area contributed by atoms with E-state index in [2.05, 4.69) is 5.32 Å². The van der Waals surface area contributed by atoms with Gasteiger partial charge in [0.15, 0.2) is 0 Å². The Bertz CT molecular complexity index is 1750. The summed E-state index contributed by atoms with van der Waals surface area (Å²) in [6.45, 7) is 4.90. The molecule has 4 aromatic carbocycles. The second kappa shape index (κ2) is 14.7. The molecule has 0 aliphatic heterocycles. The number of anilines is 2. The number of ether oxygens (including phenoxy) is 1. The van der Waals surface area contributed by atoms with Gasteiger partial charge in [0.25, 0.3) is 11.8 Å². The number of hydrogen-bond acceptors (Lipinski definition) is 9. The van der Waals surface area contributed by atoms with Crippen molar-refractivity contribution in [3.8, 4) is 5.75 Å². The summed E-state index contributed by atoms with van der Waals surface area (Å²) in [7, 11) is 0. The molecule has 246 valence electrons. The van der Waals surface area contributed by atoms with Crippen LogP contribution in [0, 0.1) is 0 Å². The maximum Gasteiger partial charge on any atom is 0.343 e. The summed E-state index contributed by atoms with van der Waals surface area (Å²) in [5.41, 5.74) is 10.1. The van der Waals surface area contributed by atoms with Gasteiger partial charge in [0.1, 0.15) is 11.4 Å². The first-order valence-electron chi connectivity index (χ1n) is 15.1. The smallest absolute Gasteiger partial charge is 0.343 e. The van der Waals surface area contributed by atoms with Crippen molar-refractivity contribution in [2.75, 3.05) is 23.1 Å². The standard InChI is InChI=1S/C36H40N4O6S/c1-35(2,3)46-34(45)36(19-20-47-4,33(44)39-28-16-13-24-7-5-6-8-26(24)22-28)40(31(42)25-11-14-27(37)15-12-25)32(43)30(38)21-23-9-17-29(41)18-10-23/h5-18,22,30,41H,19-21,37-38H2,1-4H3,(H,39,44)/t30-,36-/m0/s1. The molecule has 11 heteroatoms. The van der Waals surface area contributed by atoms with Crippen molar-refractivity contribution in [2.45, 2.75) is 50.8 Å². The van der Waals surface area contributed by atoms with Gasteiger partial charge in [0, 0.05) is 23.4 Å². The molecule has 0 spiro atoms. The summed E-state index contributed by atoms with van der Waals surface area (Å²) >= 11 is 1.33. The number of hydrogen-bond donors (Lipinski definition) is 4. The maximum atomic E-state index is 14.7. The first-order valence-corrected chi connectivity index (χ1v) is 16.4. The zero-order valence-electron chi connectivity index (χ0n) is 26.9. The van der Waals surface area contributed by atoms with Gasteiger partial charge >= 0.3 is 5.97 Å². The van der Waals surface area contributed by atoms with E-state index in [1.807, 2.05) is 30.3 Å². The number of imide groups is 1. The lowest BCUT2D eigenvalue weighted by Gasteiger charge is -2.41. The van der Waals surface area contributed by atoms with Gasteiger partial charge in [-0.25, -0.2) is 4.79 Å². The fourth-order valence-electron chi connectivity index (χ4n) is 5.08. The molecule has 47 heavy (non-hydrogen) atoms. The normalized spacial score (nSPS) is 13.3. The van der Waals surface area contributed by atoms with E-state index in [4.69, 9.17) is 16.2 Å². The molecule has 10 nitrogen and oxygen atoms in total. The Balaban J connectivity index is 1.91. The number of rotatable bonds is 11. The molecule has 0 fully saturated rings. The molecule has 0 aliphatic carbocycles. The second-order valence-corrected chi connectivity index (χ2v) is 13.2. The Morgan fingerprint density at radius 2 is 1.55 bits per heavy atom. The van der Waals surface area contributed by atoms with Crippen molar-refractivity contribution >= 4 is 57.6 Å². The average Bonchev–Trinajstić information content (AvgIpc) is 3.03. The number of benzene rings is 4. The topological polar surface area (TPSA) is 165 Å². The number of thioether (sulfide) groups is 1. The highest BCUT2D eigenvalue weighted by atomic mass is 32.2. The van der Waals surface area contributed by atoms with Crippen LogP contribution < -0.4 is 16.8 Å². The molecule has 0 heterocycles. The van der Waals surface area contributed by atoms with Crippen LogP contribution in [-0.4, -0.2) is 62.9 Å². The third-order valence-corrected chi connectivity index (χ3v) is 8.07. The number of esters is 1. The van der Waals surface area contributed by atoms with Crippen molar-refractivity contribution < 1.29 is 29.0 Å². The van der Waals surface area contributed by atoms with Crippen LogP contribution >= 0.6 is 11.8 Å². The molecular weight excluding hydrogens is 616 g/mol. The van der Waals surface area contributed by atoms with E-state index in [0.29, 0.717) is 21.8 Å². The first kappa shape index (κ1) is 35.0. The third kappa shape index (κ3) is 8.30.